The average Bonchev–Trinajstić information content (AvgIpc) is 3.34. The molecule has 0 saturated carbocycles. The van der Waals surface area contributed by atoms with E-state index in [1.807, 2.05) is 29.2 Å². The second-order valence-corrected chi connectivity index (χ2v) is 10.1. The summed E-state index contributed by atoms with van der Waals surface area (Å²) in [5.74, 6) is 1.10. The number of hydrogen-bond acceptors (Lipinski definition) is 6. The van der Waals surface area contributed by atoms with Gasteiger partial charge in [0.2, 0.25) is 17.6 Å². The lowest BCUT2D eigenvalue weighted by molar-refractivity contribution is -0.138. The molecule has 1 fully saturated rings. The highest BCUT2D eigenvalue weighted by atomic mass is 35.5. The molecule has 0 spiro atoms. The zero-order valence-electron chi connectivity index (χ0n) is 20.9. The van der Waals surface area contributed by atoms with Gasteiger partial charge in [0, 0.05) is 55.8 Å². The van der Waals surface area contributed by atoms with E-state index < -0.39 is 6.04 Å². The lowest BCUT2D eigenvalue weighted by Gasteiger charge is -2.36. The summed E-state index contributed by atoms with van der Waals surface area (Å²) in [6, 6.07) is 15.0. The standard InChI is InChI=1S/C27H32ClN5O3/c1-18(2)14-24(29-19(3)34)27(35)33-12-10-32(11-13-33)17-20-6-4-7-21(15-20)25-30-26(36-31-25)22-8-5-9-23(28)16-22/h4-9,15-16,18,24H,10-14,17H2,1-3H3,(H,29,34)/t24-/m1/s1. The Morgan fingerprint density at radius 1 is 1.06 bits per heavy atom. The number of aromatic nitrogens is 2. The molecule has 0 radical (unpaired) electrons. The number of hydrogen-bond donors (Lipinski definition) is 1. The molecule has 0 bridgehead atoms. The van der Waals surface area contributed by atoms with Crippen molar-refractivity contribution >= 4 is 23.4 Å². The van der Waals surface area contributed by atoms with E-state index in [9.17, 15) is 9.59 Å². The summed E-state index contributed by atoms with van der Waals surface area (Å²) in [6.45, 7) is 9.15. The Bertz CT molecular complexity index is 1200. The minimum absolute atomic E-state index is 0.00756. The van der Waals surface area contributed by atoms with Crippen LogP contribution in [-0.4, -0.2) is 64.0 Å². The molecule has 2 heterocycles. The fourth-order valence-electron chi connectivity index (χ4n) is 4.43. The first-order valence-corrected chi connectivity index (χ1v) is 12.6. The van der Waals surface area contributed by atoms with Gasteiger partial charge in [-0.15, -0.1) is 0 Å². The van der Waals surface area contributed by atoms with Crippen molar-refractivity contribution in [2.24, 2.45) is 5.92 Å². The summed E-state index contributed by atoms with van der Waals surface area (Å²) in [5, 5.41) is 7.59. The third-order valence-electron chi connectivity index (χ3n) is 6.16. The third kappa shape index (κ3) is 6.71. The van der Waals surface area contributed by atoms with Gasteiger partial charge in [0.25, 0.3) is 5.89 Å². The van der Waals surface area contributed by atoms with E-state index in [2.05, 4.69) is 46.3 Å². The Morgan fingerprint density at radius 3 is 2.47 bits per heavy atom. The van der Waals surface area contributed by atoms with Gasteiger partial charge >= 0.3 is 0 Å². The zero-order chi connectivity index (χ0) is 25.7. The van der Waals surface area contributed by atoms with Gasteiger partial charge in [-0.25, -0.2) is 0 Å². The minimum Gasteiger partial charge on any atom is -0.345 e. The van der Waals surface area contributed by atoms with Gasteiger partial charge in [-0.2, -0.15) is 4.98 Å². The first-order chi connectivity index (χ1) is 17.3. The molecule has 0 unspecified atom stereocenters. The van der Waals surface area contributed by atoms with Gasteiger partial charge in [-0.05, 0) is 42.2 Å². The van der Waals surface area contributed by atoms with Gasteiger partial charge in [0.1, 0.15) is 6.04 Å². The number of rotatable bonds is 8. The molecular weight excluding hydrogens is 478 g/mol. The van der Waals surface area contributed by atoms with Gasteiger partial charge in [-0.3, -0.25) is 14.5 Å². The largest absolute Gasteiger partial charge is 0.345 e. The SMILES string of the molecule is CC(=O)N[C@H](CC(C)C)C(=O)N1CCN(Cc2cccc(-c3noc(-c4cccc(Cl)c4)n3)c2)CC1. The monoisotopic (exact) mass is 509 g/mol. The van der Waals surface area contributed by atoms with Crippen LogP contribution in [0.15, 0.2) is 53.1 Å². The second kappa shape index (κ2) is 11.7. The van der Waals surface area contributed by atoms with Crippen molar-refractivity contribution in [2.45, 2.75) is 39.8 Å². The highest BCUT2D eigenvalue weighted by Gasteiger charge is 2.28. The van der Waals surface area contributed by atoms with Crippen molar-refractivity contribution < 1.29 is 14.1 Å². The minimum atomic E-state index is -0.461. The number of nitrogens with zero attached hydrogens (tertiary/aromatic N) is 4. The van der Waals surface area contributed by atoms with E-state index in [-0.39, 0.29) is 11.8 Å². The third-order valence-corrected chi connectivity index (χ3v) is 6.39. The van der Waals surface area contributed by atoms with Crippen LogP contribution in [0.4, 0.5) is 0 Å². The molecule has 0 aliphatic carbocycles. The van der Waals surface area contributed by atoms with Crippen molar-refractivity contribution in [2.75, 3.05) is 26.2 Å². The van der Waals surface area contributed by atoms with Crippen molar-refractivity contribution in [3.05, 3.63) is 59.1 Å². The Labute approximate surface area is 216 Å². The van der Waals surface area contributed by atoms with E-state index in [0.29, 0.717) is 42.2 Å². The Hall–Kier alpha value is -3.23. The number of halogens is 1. The fourth-order valence-corrected chi connectivity index (χ4v) is 4.62. The van der Waals surface area contributed by atoms with E-state index in [1.165, 1.54) is 6.92 Å². The van der Waals surface area contributed by atoms with Crippen molar-refractivity contribution in [3.63, 3.8) is 0 Å². The van der Waals surface area contributed by atoms with Crippen LogP contribution in [0.25, 0.3) is 22.8 Å². The first kappa shape index (κ1) is 25.9. The predicted octanol–water partition coefficient (Wildman–Crippen LogP) is 4.25. The van der Waals surface area contributed by atoms with Gasteiger partial charge in [0.15, 0.2) is 0 Å². The molecule has 1 N–H and O–H groups in total. The molecule has 1 saturated heterocycles. The van der Waals surface area contributed by atoms with Crippen LogP contribution in [0.1, 0.15) is 32.8 Å². The van der Waals surface area contributed by atoms with E-state index in [4.69, 9.17) is 16.1 Å². The molecular formula is C27H32ClN5O3. The second-order valence-electron chi connectivity index (χ2n) is 9.62. The molecule has 4 rings (SSSR count). The maximum absolute atomic E-state index is 13.0. The van der Waals surface area contributed by atoms with Crippen LogP contribution in [0, 0.1) is 5.92 Å². The number of benzene rings is 2. The number of amides is 2. The van der Waals surface area contributed by atoms with Gasteiger partial charge in [-0.1, -0.05) is 54.9 Å². The maximum Gasteiger partial charge on any atom is 0.258 e. The van der Waals surface area contributed by atoms with Crippen LogP contribution in [0.5, 0.6) is 0 Å². The van der Waals surface area contributed by atoms with E-state index in [0.717, 1.165) is 36.3 Å². The molecule has 8 nitrogen and oxygen atoms in total. The normalized spacial score (nSPS) is 15.2. The van der Waals surface area contributed by atoms with Crippen LogP contribution in [-0.2, 0) is 16.1 Å². The predicted molar refractivity (Wildman–Crippen MR) is 139 cm³/mol. The molecule has 1 aromatic heterocycles. The summed E-state index contributed by atoms with van der Waals surface area (Å²) in [7, 11) is 0. The molecule has 9 heteroatoms. The van der Waals surface area contributed by atoms with Crippen LogP contribution >= 0.6 is 11.6 Å². The quantitative estimate of drug-likeness (QED) is 0.488. The van der Waals surface area contributed by atoms with E-state index in [1.54, 1.807) is 12.1 Å². The summed E-state index contributed by atoms with van der Waals surface area (Å²) in [5.41, 5.74) is 2.79. The fraction of sp³-hybridized carbons (Fsp3) is 0.407. The molecule has 3 aromatic rings. The van der Waals surface area contributed by atoms with Crippen LogP contribution in [0.2, 0.25) is 5.02 Å². The van der Waals surface area contributed by atoms with Crippen molar-refractivity contribution in [1.29, 1.82) is 0 Å². The maximum atomic E-state index is 13.0. The van der Waals surface area contributed by atoms with Crippen LogP contribution < -0.4 is 5.32 Å². The van der Waals surface area contributed by atoms with Crippen LogP contribution in [0.3, 0.4) is 0 Å². The first-order valence-electron chi connectivity index (χ1n) is 12.3. The highest BCUT2D eigenvalue weighted by molar-refractivity contribution is 6.30. The number of carbonyl (C=O) groups is 2. The Morgan fingerprint density at radius 2 is 1.78 bits per heavy atom. The molecule has 36 heavy (non-hydrogen) atoms. The summed E-state index contributed by atoms with van der Waals surface area (Å²) >= 11 is 6.08. The molecule has 2 amide bonds. The number of carbonyl (C=O) groups excluding carboxylic acids is 2. The lowest BCUT2D eigenvalue weighted by atomic mass is 10.0. The lowest BCUT2D eigenvalue weighted by Crippen LogP contribution is -2.54. The average molecular weight is 510 g/mol. The van der Waals surface area contributed by atoms with Crippen molar-refractivity contribution in [1.82, 2.24) is 25.3 Å². The zero-order valence-corrected chi connectivity index (χ0v) is 21.7. The Kier molecular flexibility index (Phi) is 8.38. The molecule has 1 atom stereocenters. The summed E-state index contributed by atoms with van der Waals surface area (Å²) in [6.07, 6.45) is 0.639. The van der Waals surface area contributed by atoms with Crippen molar-refractivity contribution in [3.8, 4) is 22.8 Å². The Balaban J connectivity index is 1.36. The molecule has 2 aromatic carbocycles. The molecule has 1 aliphatic heterocycles. The number of nitrogens with one attached hydrogen (secondary N) is 1. The molecule has 190 valence electrons. The summed E-state index contributed by atoms with van der Waals surface area (Å²) < 4.78 is 5.46. The number of piperazine rings is 1. The molecule has 1 aliphatic rings. The summed E-state index contributed by atoms with van der Waals surface area (Å²) in [4.78, 5) is 33.3. The highest BCUT2D eigenvalue weighted by Crippen LogP contribution is 2.25. The van der Waals surface area contributed by atoms with Gasteiger partial charge in [0.05, 0.1) is 0 Å². The van der Waals surface area contributed by atoms with E-state index >= 15 is 0 Å². The smallest absolute Gasteiger partial charge is 0.258 e. The van der Waals surface area contributed by atoms with Gasteiger partial charge < -0.3 is 14.7 Å². The topological polar surface area (TPSA) is 91.6 Å².